The Balaban J connectivity index is 0.000000977. The maximum atomic E-state index is 11.1. The Kier molecular flexibility index (Phi) is 27.2. The molecular weight excluding hydrogens is 660 g/mol. The Morgan fingerprint density at radius 2 is 1.12 bits per heavy atom. The van der Waals surface area contributed by atoms with Crippen LogP contribution in [0.1, 0.15) is 33.1 Å². The van der Waals surface area contributed by atoms with Gasteiger partial charge < -0.3 is 51.0 Å². The molecule has 0 aliphatic carbocycles. The molecule has 2 aliphatic heterocycles. The molecule has 2 fully saturated rings. The summed E-state index contributed by atoms with van der Waals surface area (Å²) in [7, 11) is 0. The summed E-state index contributed by atoms with van der Waals surface area (Å²) in [4.78, 5) is 19.5. The van der Waals surface area contributed by atoms with E-state index in [0.717, 1.165) is 65.4 Å². The zero-order valence-corrected chi connectivity index (χ0v) is 27.3. The van der Waals surface area contributed by atoms with Crippen molar-refractivity contribution in [3.05, 3.63) is 0 Å². The number of aliphatic hydroxyl groups is 3. The van der Waals surface area contributed by atoms with E-state index in [1.165, 1.54) is 32.4 Å². The van der Waals surface area contributed by atoms with Crippen LogP contribution in [-0.2, 0) is 4.79 Å². The summed E-state index contributed by atoms with van der Waals surface area (Å²) in [6.45, 7) is 17.6. The third-order valence-corrected chi connectivity index (χ3v) is 7.57. The van der Waals surface area contributed by atoms with E-state index >= 15 is 0 Å². The molecule has 2 atom stereocenters. The number of carboxylic acids is 1. The van der Waals surface area contributed by atoms with Gasteiger partial charge in [0.15, 0.2) is 0 Å². The molecule has 13 heteroatoms. The molecule has 0 unspecified atom stereocenters. The predicted molar refractivity (Wildman–Crippen MR) is 154 cm³/mol. The predicted octanol–water partition coefficient (Wildman–Crippen LogP) is -3.35. The number of carbonyl (C=O) groups is 1. The fraction of sp³-hybridized carbons (Fsp3) is 0.963. The average Bonchev–Trinajstić information content (AvgIpc) is 2.92. The van der Waals surface area contributed by atoms with Crippen LogP contribution in [0.25, 0.3) is 0 Å². The van der Waals surface area contributed by atoms with Crippen molar-refractivity contribution in [2.75, 3.05) is 124 Å². The van der Waals surface area contributed by atoms with Gasteiger partial charge >= 0.3 is 39.9 Å². The van der Waals surface area contributed by atoms with Gasteiger partial charge in [-0.25, -0.2) is 0 Å². The molecule has 2 aliphatic rings. The minimum absolute atomic E-state index is 0. The quantitative estimate of drug-likeness (QED) is 0.149. The molecule has 1 radical (unpaired) electrons. The zero-order valence-electron chi connectivity index (χ0n) is 25.0. The molecule has 0 saturated carbocycles. The van der Waals surface area contributed by atoms with Crippen LogP contribution in [0, 0.1) is 39.9 Å². The van der Waals surface area contributed by atoms with E-state index in [2.05, 4.69) is 39.6 Å². The summed E-state index contributed by atoms with van der Waals surface area (Å²) in [6, 6.07) is -0.575. The molecule has 237 valence electrons. The van der Waals surface area contributed by atoms with Gasteiger partial charge in [-0.3, -0.25) is 9.80 Å². The van der Waals surface area contributed by atoms with E-state index in [9.17, 15) is 25.2 Å². The molecule has 0 spiro atoms. The van der Waals surface area contributed by atoms with Crippen LogP contribution < -0.4 is 21.1 Å². The summed E-state index contributed by atoms with van der Waals surface area (Å²) in [6.07, 6.45) is 2.96. The van der Waals surface area contributed by atoms with Crippen LogP contribution in [0.3, 0.4) is 0 Å². The van der Waals surface area contributed by atoms with Crippen molar-refractivity contribution < 1.29 is 65.2 Å². The third kappa shape index (κ3) is 19.6. The fourth-order valence-electron chi connectivity index (χ4n) is 4.86. The van der Waals surface area contributed by atoms with Crippen LogP contribution in [0.2, 0.25) is 0 Å². The van der Waals surface area contributed by atoms with E-state index in [0.29, 0.717) is 26.2 Å². The van der Waals surface area contributed by atoms with E-state index in [4.69, 9.17) is 0 Å². The SMILES string of the molecule is C1CCNCCNCCNCC1.CCN1CCN(CC)CCN([C@H](CO)[C@H](O)CO)CCN(CC(=O)[O-])CC1.[Gd+3]. The maximum Gasteiger partial charge on any atom is 3.00 e. The van der Waals surface area contributed by atoms with Gasteiger partial charge in [0, 0.05) is 85.1 Å². The standard InChI is InChI=1S/C18H38N4O5.C9H21N3.Gd/c1-3-19-5-6-20(4-2)9-11-22(16(14-23)17(25)15-24)12-10-21(8-7-19)13-18(26)27;1-2-4-10-6-8-12-9-7-11-5-3-1;/h16-17,23-25H,3-15H2,1-2H3,(H,26,27);10-12H,1-9H2;/q;;+3/p-1/t16-,17-;;/m1../s1. The van der Waals surface area contributed by atoms with Crippen LogP contribution in [0.5, 0.6) is 0 Å². The summed E-state index contributed by atoms with van der Waals surface area (Å²) >= 11 is 0. The first-order chi connectivity index (χ1) is 18.9. The Bertz CT molecular complexity index is 556. The number of aliphatic carboxylic acids is 1. The Morgan fingerprint density at radius 3 is 1.55 bits per heavy atom. The molecule has 0 bridgehead atoms. The van der Waals surface area contributed by atoms with Crippen molar-refractivity contribution in [2.45, 2.75) is 45.3 Å². The Morgan fingerprint density at radius 1 is 0.700 bits per heavy atom. The Labute approximate surface area is 274 Å². The van der Waals surface area contributed by atoms with Crippen LogP contribution >= 0.6 is 0 Å². The van der Waals surface area contributed by atoms with Gasteiger partial charge in [-0.15, -0.1) is 0 Å². The number of rotatable bonds is 8. The number of aliphatic hydroxyl groups excluding tert-OH is 3. The van der Waals surface area contributed by atoms with Gasteiger partial charge in [-0.05, 0) is 39.0 Å². The number of likely N-dealkylation sites (N-methyl/N-ethyl adjacent to an activating group) is 2. The first-order valence-electron chi connectivity index (χ1n) is 15.1. The second-order valence-electron chi connectivity index (χ2n) is 10.4. The van der Waals surface area contributed by atoms with Gasteiger partial charge in [-0.1, -0.05) is 20.3 Å². The molecule has 2 saturated heterocycles. The van der Waals surface area contributed by atoms with Crippen molar-refractivity contribution >= 4 is 5.97 Å². The van der Waals surface area contributed by atoms with Crippen molar-refractivity contribution in [1.82, 2.24) is 35.6 Å². The summed E-state index contributed by atoms with van der Waals surface area (Å²) < 4.78 is 0. The zero-order chi connectivity index (χ0) is 28.7. The smallest absolute Gasteiger partial charge is 0.549 e. The third-order valence-electron chi connectivity index (χ3n) is 7.57. The molecule has 2 rings (SSSR count). The van der Waals surface area contributed by atoms with E-state index in [1.54, 1.807) is 0 Å². The van der Waals surface area contributed by atoms with E-state index in [-0.39, 0.29) is 53.1 Å². The largest absolute Gasteiger partial charge is 3.00 e. The molecule has 0 aromatic carbocycles. The molecule has 6 N–H and O–H groups in total. The number of carbonyl (C=O) groups excluding carboxylic acids is 1. The minimum atomic E-state index is -1.11. The van der Waals surface area contributed by atoms with Crippen molar-refractivity contribution in [1.29, 1.82) is 0 Å². The second-order valence-corrected chi connectivity index (χ2v) is 10.4. The summed E-state index contributed by atoms with van der Waals surface area (Å²) in [5, 5.41) is 50.4. The Hall–Kier alpha value is 0.395. The first kappa shape index (κ1) is 40.4. The summed E-state index contributed by atoms with van der Waals surface area (Å²) in [5.41, 5.74) is 0. The number of nitrogens with one attached hydrogen (secondary N) is 3. The topological polar surface area (TPSA) is 150 Å². The van der Waals surface area contributed by atoms with E-state index < -0.39 is 24.7 Å². The first-order valence-corrected chi connectivity index (χ1v) is 15.1. The second kappa shape index (κ2) is 27.0. The van der Waals surface area contributed by atoms with Crippen LogP contribution in [0.4, 0.5) is 0 Å². The van der Waals surface area contributed by atoms with Crippen LogP contribution in [-0.4, -0.2) is 178 Å². The molecule has 0 aromatic heterocycles. The fourth-order valence-corrected chi connectivity index (χ4v) is 4.86. The maximum absolute atomic E-state index is 11.1. The monoisotopic (exact) mass is 718 g/mol. The normalized spacial score (nSPS) is 22.5. The van der Waals surface area contributed by atoms with Gasteiger partial charge in [0.2, 0.25) is 0 Å². The van der Waals surface area contributed by atoms with Crippen molar-refractivity contribution in [2.24, 2.45) is 0 Å². The van der Waals surface area contributed by atoms with Crippen LogP contribution in [0.15, 0.2) is 0 Å². The van der Waals surface area contributed by atoms with Crippen molar-refractivity contribution in [3.63, 3.8) is 0 Å². The van der Waals surface area contributed by atoms with Gasteiger partial charge in [0.25, 0.3) is 0 Å². The molecule has 0 amide bonds. The molecule has 12 nitrogen and oxygen atoms in total. The molecular formula is C27H58GdN7O5+2. The van der Waals surface area contributed by atoms with Gasteiger partial charge in [0.1, 0.15) is 0 Å². The average molecular weight is 718 g/mol. The number of nitrogens with zero attached hydrogens (tertiary/aromatic N) is 4. The number of hydrogen-bond donors (Lipinski definition) is 6. The van der Waals surface area contributed by atoms with Crippen molar-refractivity contribution in [3.8, 4) is 0 Å². The number of carboxylic acid groups (broad SMARTS) is 1. The molecule has 0 aromatic rings. The van der Waals surface area contributed by atoms with E-state index in [1.807, 2.05) is 9.80 Å². The summed E-state index contributed by atoms with van der Waals surface area (Å²) in [5.74, 6) is -1.11. The molecule has 2 heterocycles. The minimum Gasteiger partial charge on any atom is -0.549 e. The van der Waals surface area contributed by atoms with Gasteiger partial charge in [-0.2, -0.15) is 0 Å². The van der Waals surface area contributed by atoms with Gasteiger partial charge in [0.05, 0.1) is 31.3 Å². The number of hydrogen-bond acceptors (Lipinski definition) is 12. The molecule has 40 heavy (non-hydrogen) atoms.